The first-order valence-corrected chi connectivity index (χ1v) is 12.5. The van der Waals surface area contributed by atoms with Crippen LogP contribution in [0.15, 0.2) is 60.7 Å². The molecule has 0 bridgehead atoms. The van der Waals surface area contributed by atoms with Gasteiger partial charge in [-0.1, -0.05) is 30.3 Å². The number of hydrogen-bond acceptors (Lipinski definition) is 6. The lowest BCUT2D eigenvalue weighted by Crippen LogP contribution is -2.40. The third-order valence-electron chi connectivity index (χ3n) is 6.63. The van der Waals surface area contributed by atoms with Gasteiger partial charge in [-0.25, -0.2) is 9.37 Å². The van der Waals surface area contributed by atoms with Crippen LogP contribution in [0, 0.1) is 28.5 Å². The summed E-state index contributed by atoms with van der Waals surface area (Å²) in [5.74, 6) is -0.396. The number of nitrogens with one attached hydrogen (secondary N) is 3. The summed E-state index contributed by atoms with van der Waals surface area (Å²) >= 11 is 0. The molecule has 1 amide bonds. The molecular weight excluding hydrogens is 469 g/mol. The van der Waals surface area contributed by atoms with E-state index in [4.69, 9.17) is 5.41 Å². The van der Waals surface area contributed by atoms with Gasteiger partial charge in [0, 0.05) is 30.3 Å². The van der Waals surface area contributed by atoms with E-state index < -0.39 is 6.10 Å². The largest absolute Gasteiger partial charge is 0.387 e. The number of anilines is 1. The fraction of sp³-hybridized carbons (Fsp3) is 0.310. The van der Waals surface area contributed by atoms with Crippen LogP contribution in [0.4, 0.5) is 10.2 Å². The fourth-order valence-corrected chi connectivity index (χ4v) is 4.59. The maximum atomic E-state index is 13.5. The molecule has 4 rings (SSSR count). The van der Waals surface area contributed by atoms with E-state index in [2.05, 4.69) is 21.7 Å². The van der Waals surface area contributed by atoms with Gasteiger partial charge in [0.25, 0.3) is 5.91 Å². The van der Waals surface area contributed by atoms with Crippen molar-refractivity contribution in [3.8, 4) is 17.3 Å². The lowest BCUT2D eigenvalue weighted by atomic mass is 9.85. The highest BCUT2D eigenvalue weighted by Crippen LogP contribution is 2.26. The fourth-order valence-electron chi connectivity index (χ4n) is 4.59. The molecule has 0 aliphatic heterocycles. The number of carbonyl (C=O) groups excluding carboxylic acids is 1. The Labute approximate surface area is 215 Å². The van der Waals surface area contributed by atoms with Crippen LogP contribution in [0.25, 0.3) is 11.3 Å². The number of aryl methyl sites for hydroxylation is 1. The highest BCUT2D eigenvalue weighted by atomic mass is 19.1. The maximum absolute atomic E-state index is 13.5. The van der Waals surface area contributed by atoms with Gasteiger partial charge in [-0.05, 0) is 68.0 Å². The SMILES string of the molecule is N#Cc1ccccc1-c1ccc(C(=O)NCC2CCCC(O)C2=N)c(NCCCc2cccc(F)c2)n1. The number of nitriles is 1. The van der Waals surface area contributed by atoms with Crippen LogP contribution in [0.2, 0.25) is 0 Å². The number of carbonyl (C=O) groups is 1. The summed E-state index contributed by atoms with van der Waals surface area (Å²) in [7, 11) is 0. The summed E-state index contributed by atoms with van der Waals surface area (Å²) in [6, 6.07) is 19.2. The second-order valence-electron chi connectivity index (χ2n) is 9.22. The number of halogens is 1. The second kappa shape index (κ2) is 12.2. The van der Waals surface area contributed by atoms with Gasteiger partial charge in [0.05, 0.1) is 29.0 Å². The van der Waals surface area contributed by atoms with Gasteiger partial charge in [-0.3, -0.25) is 4.79 Å². The van der Waals surface area contributed by atoms with E-state index in [0.717, 1.165) is 18.4 Å². The molecule has 1 aliphatic rings. The van der Waals surface area contributed by atoms with Crippen LogP contribution in [0.5, 0.6) is 0 Å². The zero-order valence-corrected chi connectivity index (χ0v) is 20.5. The Kier molecular flexibility index (Phi) is 8.60. The number of hydrogen-bond donors (Lipinski definition) is 4. The van der Waals surface area contributed by atoms with Crippen molar-refractivity contribution in [2.24, 2.45) is 5.92 Å². The van der Waals surface area contributed by atoms with Crippen molar-refractivity contribution in [1.82, 2.24) is 10.3 Å². The van der Waals surface area contributed by atoms with E-state index in [1.165, 1.54) is 12.1 Å². The zero-order chi connectivity index (χ0) is 26.2. The summed E-state index contributed by atoms with van der Waals surface area (Å²) in [5, 5.41) is 33.8. The molecule has 0 radical (unpaired) electrons. The molecule has 2 atom stereocenters. The van der Waals surface area contributed by atoms with Gasteiger partial charge >= 0.3 is 0 Å². The highest BCUT2D eigenvalue weighted by molar-refractivity contribution is 5.99. The summed E-state index contributed by atoms with van der Waals surface area (Å²) in [6.45, 7) is 0.777. The van der Waals surface area contributed by atoms with Gasteiger partial charge < -0.3 is 21.1 Å². The van der Waals surface area contributed by atoms with Crippen LogP contribution in [0.3, 0.4) is 0 Å². The number of rotatable bonds is 9. The summed E-state index contributed by atoms with van der Waals surface area (Å²) < 4.78 is 13.5. The molecule has 1 fully saturated rings. The number of aliphatic hydroxyl groups is 1. The van der Waals surface area contributed by atoms with Crippen molar-refractivity contribution in [2.45, 2.75) is 38.2 Å². The number of aliphatic hydroxyl groups excluding tert-OH is 1. The highest BCUT2D eigenvalue weighted by Gasteiger charge is 2.27. The number of nitrogens with zero attached hydrogens (tertiary/aromatic N) is 2. The monoisotopic (exact) mass is 499 g/mol. The topological polar surface area (TPSA) is 122 Å². The van der Waals surface area contributed by atoms with Crippen LogP contribution in [-0.4, -0.2) is 40.9 Å². The van der Waals surface area contributed by atoms with E-state index >= 15 is 0 Å². The molecule has 3 aromatic rings. The summed E-state index contributed by atoms with van der Waals surface area (Å²) in [6.07, 6.45) is 2.77. The number of benzene rings is 2. The maximum Gasteiger partial charge on any atom is 0.255 e. The minimum absolute atomic E-state index is 0.190. The second-order valence-corrected chi connectivity index (χ2v) is 9.22. The van der Waals surface area contributed by atoms with Gasteiger partial charge in [-0.15, -0.1) is 0 Å². The molecule has 1 aliphatic carbocycles. The minimum atomic E-state index is -0.743. The van der Waals surface area contributed by atoms with E-state index in [1.807, 2.05) is 18.2 Å². The van der Waals surface area contributed by atoms with Crippen LogP contribution >= 0.6 is 0 Å². The normalized spacial score (nSPS) is 17.2. The molecule has 7 nitrogen and oxygen atoms in total. The van der Waals surface area contributed by atoms with Gasteiger partial charge in [0.15, 0.2) is 0 Å². The summed E-state index contributed by atoms with van der Waals surface area (Å²) in [4.78, 5) is 17.8. The summed E-state index contributed by atoms with van der Waals surface area (Å²) in [5.41, 5.74) is 3.23. The van der Waals surface area contributed by atoms with Crippen molar-refractivity contribution in [1.29, 1.82) is 10.7 Å². The first-order chi connectivity index (χ1) is 18.0. The Morgan fingerprint density at radius 3 is 2.81 bits per heavy atom. The van der Waals surface area contributed by atoms with Crippen LogP contribution in [0.1, 0.15) is 47.2 Å². The lowest BCUT2D eigenvalue weighted by molar-refractivity contribution is 0.0947. The van der Waals surface area contributed by atoms with Crippen molar-refractivity contribution in [3.05, 3.63) is 83.2 Å². The Hall–Kier alpha value is -4.09. The molecule has 2 unspecified atom stereocenters. The van der Waals surface area contributed by atoms with Crippen molar-refractivity contribution >= 4 is 17.4 Å². The average molecular weight is 500 g/mol. The van der Waals surface area contributed by atoms with Gasteiger partial charge in [0.2, 0.25) is 0 Å². The smallest absolute Gasteiger partial charge is 0.255 e. The molecule has 1 heterocycles. The van der Waals surface area contributed by atoms with Gasteiger partial charge in [0.1, 0.15) is 11.6 Å². The van der Waals surface area contributed by atoms with Crippen molar-refractivity contribution in [2.75, 3.05) is 18.4 Å². The van der Waals surface area contributed by atoms with E-state index in [0.29, 0.717) is 54.0 Å². The third-order valence-corrected chi connectivity index (χ3v) is 6.63. The molecule has 0 spiro atoms. The van der Waals surface area contributed by atoms with Crippen LogP contribution in [-0.2, 0) is 6.42 Å². The van der Waals surface area contributed by atoms with Crippen LogP contribution < -0.4 is 10.6 Å². The Balaban J connectivity index is 1.51. The minimum Gasteiger partial charge on any atom is -0.387 e. The van der Waals surface area contributed by atoms with E-state index in [1.54, 1.807) is 30.3 Å². The number of amides is 1. The van der Waals surface area contributed by atoms with Crippen molar-refractivity contribution < 1.29 is 14.3 Å². The first kappa shape index (κ1) is 26.0. The molecule has 190 valence electrons. The molecule has 8 heteroatoms. The zero-order valence-electron chi connectivity index (χ0n) is 20.5. The quantitative estimate of drug-likeness (QED) is 0.318. The standard InChI is InChI=1S/C29H30FN5O2/c30-22-10-3-6-19(16-22)7-5-15-33-28-24(29(37)34-18-21-9-4-12-26(36)27(21)32)13-14-25(35-28)23-11-2-1-8-20(23)17-31/h1-3,6,8,10-11,13-14,16,21,26,32,36H,4-5,7,9,12,15,18H2,(H,33,35)(H,34,37). The van der Waals surface area contributed by atoms with Gasteiger partial charge in [-0.2, -0.15) is 5.26 Å². The molecule has 1 aromatic heterocycles. The molecule has 0 saturated heterocycles. The Morgan fingerprint density at radius 1 is 1.16 bits per heavy atom. The first-order valence-electron chi connectivity index (χ1n) is 12.5. The lowest BCUT2D eigenvalue weighted by Gasteiger charge is -2.27. The number of aromatic nitrogens is 1. The van der Waals surface area contributed by atoms with E-state index in [9.17, 15) is 19.6 Å². The molecule has 4 N–H and O–H groups in total. The predicted molar refractivity (Wildman–Crippen MR) is 141 cm³/mol. The average Bonchev–Trinajstić information content (AvgIpc) is 2.91. The Bertz CT molecular complexity index is 1320. The predicted octanol–water partition coefficient (Wildman–Crippen LogP) is 4.71. The molecular formula is C29H30FN5O2. The van der Waals surface area contributed by atoms with E-state index in [-0.39, 0.29) is 29.9 Å². The third kappa shape index (κ3) is 6.57. The Morgan fingerprint density at radius 2 is 2.00 bits per heavy atom. The number of pyridine rings is 1. The molecule has 37 heavy (non-hydrogen) atoms. The molecule has 2 aromatic carbocycles. The van der Waals surface area contributed by atoms with Crippen molar-refractivity contribution in [3.63, 3.8) is 0 Å². The molecule has 1 saturated carbocycles.